The summed E-state index contributed by atoms with van der Waals surface area (Å²) in [5.74, 6) is 1.42. The van der Waals surface area contributed by atoms with Crippen LogP contribution in [0.2, 0.25) is 0 Å². The summed E-state index contributed by atoms with van der Waals surface area (Å²) in [4.78, 5) is 12.5. The van der Waals surface area contributed by atoms with E-state index in [9.17, 15) is 4.79 Å². The van der Waals surface area contributed by atoms with E-state index in [2.05, 4.69) is 11.4 Å². The van der Waals surface area contributed by atoms with Gasteiger partial charge in [0.05, 0.1) is 6.61 Å². The Kier molecular flexibility index (Phi) is 6.55. The highest BCUT2D eigenvalue weighted by atomic mass is 16.7. The molecule has 3 rings (SSSR count). The molecular formula is C19H31NO4. The van der Waals surface area contributed by atoms with E-state index in [1.807, 2.05) is 0 Å². The lowest BCUT2D eigenvalue weighted by atomic mass is 9.86. The highest BCUT2D eigenvalue weighted by molar-refractivity contribution is 5.91. The Morgan fingerprint density at radius 2 is 2.00 bits per heavy atom. The number of hydrogen-bond donors (Lipinski definition) is 2. The number of aliphatic hydroxyl groups excluding tert-OH is 1. The van der Waals surface area contributed by atoms with Crippen LogP contribution >= 0.6 is 0 Å². The molecule has 0 unspecified atom stereocenters. The second kappa shape index (κ2) is 8.86. The first kappa shape index (κ1) is 17.7. The zero-order chi connectivity index (χ0) is 16.8. The van der Waals surface area contributed by atoms with Gasteiger partial charge < -0.3 is 19.9 Å². The van der Waals surface area contributed by atoms with Gasteiger partial charge in [-0.2, -0.15) is 0 Å². The molecule has 1 heterocycles. The topological polar surface area (TPSA) is 67.8 Å². The monoisotopic (exact) mass is 337 g/mol. The zero-order valence-corrected chi connectivity index (χ0v) is 14.5. The quantitative estimate of drug-likeness (QED) is 0.668. The minimum atomic E-state index is -0.332. The van der Waals surface area contributed by atoms with Gasteiger partial charge in [0, 0.05) is 19.1 Å². The van der Waals surface area contributed by atoms with Crippen molar-refractivity contribution >= 4 is 5.91 Å². The van der Waals surface area contributed by atoms with Crippen LogP contribution in [0.3, 0.4) is 0 Å². The molecule has 2 N–H and O–H groups in total. The Morgan fingerprint density at radius 1 is 1.21 bits per heavy atom. The predicted molar refractivity (Wildman–Crippen MR) is 91.1 cm³/mol. The third-order valence-electron chi connectivity index (χ3n) is 5.61. The first-order valence-corrected chi connectivity index (χ1v) is 9.68. The lowest BCUT2D eigenvalue weighted by Crippen LogP contribution is -2.42. The third kappa shape index (κ3) is 4.73. The Morgan fingerprint density at radius 3 is 2.67 bits per heavy atom. The molecule has 0 radical (unpaired) electrons. The fraction of sp³-hybridized carbons (Fsp3) is 0.842. The lowest BCUT2D eigenvalue weighted by Gasteiger charge is -2.33. The van der Waals surface area contributed by atoms with E-state index in [1.165, 1.54) is 32.1 Å². The summed E-state index contributed by atoms with van der Waals surface area (Å²) in [5.41, 5.74) is 0. The van der Waals surface area contributed by atoms with Crippen molar-refractivity contribution in [2.24, 2.45) is 11.8 Å². The van der Waals surface area contributed by atoms with E-state index >= 15 is 0 Å². The predicted octanol–water partition coefficient (Wildman–Crippen LogP) is 2.88. The smallest absolute Gasteiger partial charge is 0.286 e. The van der Waals surface area contributed by atoms with Crippen molar-refractivity contribution in [1.82, 2.24) is 5.32 Å². The number of hydrogen-bond acceptors (Lipinski definition) is 4. The van der Waals surface area contributed by atoms with E-state index in [1.54, 1.807) is 0 Å². The molecule has 2 saturated carbocycles. The van der Waals surface area contributed by atoms with Gasteiger partial charge in [0.1, 0.15) is 0 Å². The Hall–Kier alpha value is -1.07. The van der Waals surface area contributed by atoms with Crippen LogP contribution in [-0.4, -0.2) is 36.6 Å². The number of aliphatic hydroxyl groups is 1. The summed E-state index contributed by atoms with van der Waals surface area (Å²) in [7, 11) is 0. The molecule has 2 fully saturated rings. The molecule has 3 aliphatic rings. The fourth-order valence-corrected chi connectivity index (χ4v) is 3.90. The standard InChI is InChI=1S/C19H31NO4/c21-10-3-4-11-23-18-13-15(14-6-1-2-7-14)12-17(24-18)19(22)20-16-8-5-9-16/h12,14-16,18,21H,1-11,13H2,(H,20,22)/t15-,18+/m1/s1. The van der Waals surface area contributed by atoms with Gasteiger partial charge in [0.2, 0.25) is 6.29 Å². The van der Waals surface area contributed by atoms with Crippen LogP contribution < -0.4 is 5.32 Å². The van der Waals surface area contributed by atoms with Crippen molar-refractivity contribution in [3.63, 3.8) is 0 Å². The molecule has 136 valence electrons. The lowest BCUT2D eigenvalue weighted by molar-refractivity contribution is -0.151. The van der Waals surface area contributed by atoms with Gasteiger partial charge >= 0.3 is 0 Å². The molecule has 0 saturated heterocycles. The number of ether oxygens (including phenoxy) is 2. The maximum absolute atomic E-state index is 12.5. The minimum absolute atomic E-state index is 0.0774. The van der Waals surface area contributed by atoms with Crippen LogP contribution in [0.15, 0.2) is 11.8 Å². The summed E-state index contributed by atoms with van der Waals surface area (Å²) < 4.78 is 11.7. The maximum atomic E-state index is 12.5. The molecule has 1 amide bonds. The van der Waals surface area contributed by atoms with Crippen LogP contribution in [0.1, 0.15) is 64.2 Å². The van der Waals surface area contributed by atoms with Gasteiger partial charge in [0.25, 0.3) is 5.91 Å². The van der Waals surface area contributed by atoms with Crippen molar-refractivity contribution in [1.29, 1.82) is 0 Å². The van der Waals surface area contributed by atoms with E-state index in [0.29, 0.717) is 30.2 Å². The number of allylic oxidation sites excluding steroid dienone is 1. The Bertz CT molecular complexity index is 441. The van der Waals surface area contributed by atoms with Crippen LogP contribution in [-0.2, 0) is 14.3 Å². The number of amides is 1. The van der Waals surface area contributed by atoms with Crippen LogP contribution in [0.25, 0.3) is 0 Å². The van der Waals surface area contributed by atoms with Crippen LogP contribution in [0.4, 0.5) is 0 Å². The van der Waals surface area contributed by atoms with Gasteiger partial charge in [-0.3, -0.25) is 4.79 Å². The van der Waals surface area contributed by atoms with Gasteiger partial charge in [-0.05, 0) is 62.9 Å². The summed E-state index contributed by atoms with van der Waals surface area (Å²) >= 11 is 0. The number of carbonyl (C=O) groups is 1. The molecular weight excluding hydrogens is 306 g/mol. The molecule has 0 aromatic rings. The molecule has 0 bridgehead atoms. The van der Waals surface area contributed by atoms with E-state index in [0.717, 1.165) is 32.1 Å². The molecule has 0 aromatic carbocycles. The first-order valence-electron chi connectivity index (χ1n) is 9.68. The van der Waals surface area contributed by atoms with Gasteiger partial charge in [-0.15, -0.1) is 0 Å². The largest absolute Gasteiger partial charge is 0.459 e. The van der Waals surface area contributed by atoms with E-state index in [4.69, 9.17) is 14.6 Å². The number of rotatable bonds is 8. The second-order valence-corrected chi connectivity index (χ2v) is 7.43. The van der Waals surface area contributed by atoms with Crippen molar-refractivity contribution in [2.45, 2.75) is 76.5 Å². The van der Waals surface area contributed by atoms with Crippen LogP contribution in [0, 0.1) is 11.8 Å². The summed E-state index contributed by atoms with van der Waals surface area (Å²) in [6.07, 6.45) is 12.5. The molecule has 5 nitrogen and oxygen atoms in total. The molecule has 5 heteroatoms. The number of carbonyl (C=O) groups excluding carboxylic acids is 1. The maximum Gasteiger partial charge on any atom is 0.286 e. The van der Waals surface area contributed by atoms with Gasteiger partial charge in [-0.1, -0.05) is 12.8 Å². The highest BCUT2D eigenvalue weighted by Gasteiger charge is 2.34. The zero-order valence-electron chi connectivity index (χ0n) is 14.5. The summed E-state index contributed by atoms with van der Waals surface area (Å²) in [6, 6.07) is 0.317. The van der Waals surface area contributed by atoms with E-state index in [-0.39, 0.29) is 18.8 Å². The number of unbranched alkanes of at least 4 members (excludes halogenated alkanes) is 1. The summed E-state index contributed by atoms with van der Waals surface area (Å²) in [5, 5.41) is 11.9. The Balaban J connectivity index is 1.58. The molecule has 24 heavy (non-hydrogen) atoms. The highest BCUT2D eigenvalue weighted by Crippen LogP contribution is 2.38. The molecule has 0 spiro atoms. The average Bonchev–Trinajstić information content (AvgIpc) is 3.09. The molecule has 2 atom stereocenters. The van der Waals surface area contributed by atoms with Crippen molar-refractivity contribution < 1.29 is 19.4 Å². The molecule has 1 aliphatic heterocycles. The van der Waals surface area contributed by atoms with Crippen molar-refractivity contribution in [2.75, 3.05) is 13.2 Å². The summed E-state index contributed by atoms with van der Waals surface area (Å²) in [6.45, 7) is 0.759. The number of nitrogens with one attached hydrogen (secondary N) is 1. The van der Waals surface area contributed by atoms with Gasteiger partial charge in [-0.25, -0.2) is 0 Å². The van der Waals surface area contributed by atoms with Crippen molar-refractivity contribution in [3.05, 3.63) is 11.8 Å². The fourth-order valence-electron chi connectivity index (χ4n) is 3.90. The van der Waals surface area contributed by atoms with E-state index < -0.39 is 0 Å². The SMILES string of the molecule is O=C(NC1CCC1)C1=C[C@@H](C2CCCC2)C[C@@H](OCCCCO)O1. The molecule has 0 aromatic heterocycles. The van der Waals surface area contributed by atoms with Crippen LogP contribution in [0.5, 0.6) is 0 Å². The normalized spacial score (nSPS) is 28.1. The molecule has 2 aliphatic carbocycles. The minimum Gasteiger partial charge on any atom is -0.459 e. The third-order valence-corrected chi connectivity index (χ3v) is 5.61. The van der Waals surface area contributed by atoms with Crippen molar-refractivity contribution in [3.8, 4) is 0 Å². The second-order valence-electron chi connectivity index (χ2n) is 7.43. The van der Waals surface area contributed by atoms with Gasteiger partial charge in [0.15, 0.2) is 5.76 Å². The average molecular weight is 337 g/mol. The first-order chi connectivity index (χ1) is 11.8. The Labute approximate surface area is 144 Å².